The minimum Gasteiger partial charge on any atom is -0.507 e. The fraction of sp³-hybridized carbons (Fsp3) is 0.250. The van der Waals surface area contributed by atoms with Crippen LogP contribution >= 0.6 is 69.6 Å². The molecule has 1 aromatic carbocycles. The highest BCUT2D eigenvalue weighted by Crippen LogP contribution is 2.49. The lowest BCUT2D eigenvalue weighted by Crippen LogP contribution is -2.06. The van der Waals surface area contributed by atoms with Crippen LogP contribution in [0.15, 0.2) is 18.2 Å². The largest absolute Gasteiger partial charge is 0.507 e. The molecule has 0 aliphatic carbocycles. The average Bonchev–Trinajstić information content (AvgIpc) is 1.99. The van der Waals surface area contributed by atoms with Crippen molar-refractivity contribution in [1.82, 2.24) is 0 Å². The van der Waals surface area contributed by atoms with Gasteiger partial charge in [-0.25, -0.2) is 0 Å². The number of alkyl halides is 6. The summed E-state index contributed by atoms with van der Waals surface area (Å²) in [5.74, 6) is -0.336. The van der Waals surface area contributed by atoms with E-state index in [9.17, 15) is 5.11 Å². The molecular weight excluding hydrogens is 325 g/mol. The monoisotopic (exact) mass is 326 g/mol. The molecule has 15 heavy (non-hydrogen) atoms. The van der Waals surface area contributed by atoms with E-state index in [2.05, 4.69) is 0 Å². The van der Waals surface area contributed by atoms with Crippen molar-refractivity contribution in [2.75, 3.05) is 0 Å². The highest BCUT2D eigenvalue weighted by Gasteiger charge is 2.33. The number of phenols is 1. The topological polar surface area (TPSA) is 20.2 Å². The highest BCUT2D eigenvalue weighted by molar-refractivity contribution is 6.68. The molecule has 0 heterocycles. The summed E-state index contributed by atoms with van der Waals surface area (Å²) in [7, 11) is 0. The summed E-state index contributed by atoms with van der Waals surface area (Å²) in [5, 5.41) is 9.75. The Morgan fingerprint density at radius 1 is 0.800 bits per heavy atom. The van der Waals surface area contributed by atoms with Crippen molar-refractivity contribution >= 4 is 69.6 Å². The van der Waals surface area contributed by atoms with Crippen molar-refractivity contribution in [3.05, 3.63) is 29.3 Å². The predicted molar refractivity (Wildman–Crippen MR) is 66.6 cm³/mol. The molecule has 0 saturated heterocycles. The Balaban J connectivity index is 3.37. The summed E-state index contributed by atoms with van der Waals surface area (Å²) in [6, 6.07) is 4.39. The molecule has 0 radical (unpaired) electrons. The second-order valence-corrected chi connectivity index (χ2v) is 7.26. The van der Waals surface area contributed by atoms with E-state index >= 15 is 0 Å². The van der Waals surface area contributed by atoms with Crippen LogP contribution in [-0.4, -0.2) is 5.11 Å². The Morgan fingerprint density at radius 3 is 1.40 bits per heavy atom. The summed E-state index contributed by atoms with van der Waals surface area (Å²) in [4.78, 5) is 0. The summed E-state index contributed by atoms with van der Waals surface area (Å²) < 4.78 is -3.54. The molecule has 0 aromatic heterocycles. The number of aromatic hydroxyl groups is 1. The molecule has 1 nitrogen and oxygen atoms in total. The molecule has 0 unspecified atom stereocenters. The molecule has 0 aliphatic heterocycles. The van der Waals surface area contributed by atoms with Crippen molar-refractivity contribution in [3.63, 3.8) is 0 Å². The lowest BCUT2D eigenvalue weighted by molar-refractivity contribution is 0.462. The number of para-hydroxylation sites is 1. The maximum atomic E-state index is 9.75. The van der Waals surface area contributed by atoms with Gasteiger partial charge in [0.25, 0.3) is 0 Å². The van der Waals surface area contributed by atoms with E-state index in [1.54, 1.807) is 0 Å². The molecule has 84 valence electrons. The number of hydrogen-bond acceptors (Lipinski definition) is 1. The van der Waals surface area contributed by atoms with Gasteiger partial charge in [0.05, 0.1) is 0 Å². The van der Waals surface area contributed by atoms with Gasteiger partial charge in [0.2, 0.25) is 7.59 Å². The number of phenolic OH excluding ortho intramolecular Hbond substituents is 1. The second kappa shape index (κ2) is 4.56. The lowest BCUT2D eigenvalue weighted by atomic mass is 10.1. The molecule has 0 spiro atoms. The fourth-order valence-electron chi connectivity index (χ4n) is 1.00. The van der Waals surface area contributed by atoms with E-state index in [0.717, 1.165) is 0 Å². The van der Waals surface area contributed by atoms with Gasteiger partial charge in [-0.05, 0) is 0 Å². The number of hydrogen-bond donors (Lipinski definition) is 1. The average molecular weight is 329 g/mol. The van der Waals surface area contributed by atoms with Gasteiger partial charge in [-0.1, -0.05) is 87.8 Å². The van der Waals surface area contributed by atoms with E-state index < -0.39 is 7.59 Å². The van der Waals surface area contributed by atoms with E-state index in [1.807, 2.05) is 0 Å². The van der Waals surface area contributed by atoms with Crippen LogP contribution in [0.4, 0.5) is 0 Å². The first-order valence-corrected chi connectivity index (χ1v) is 5.87. The molecule has 0 saturated carbocycles. The normalized spacial score (nSPS) is 12.9. The lowest BCUT2D eigenvalue weighted by Gasteiger charge is -2.19. The van der Waals surface area contributed by atoms with Gasteiger partial charge in [0.15, 0.2) is 0 Å². The predicted octanol–water partition coefficient (Wildman–Crippen LogP) is 5.05. The fourth-order valence-corrected chi connectivity index (χ4v) is 1.92. The molecule has 1 aromatic rings. The van der Waals surface area contributed by atoms with Crippen LogP contribution in [-0.2, 0) is 7.59 Å². The Bertz CT molecular complexity index is 332. The van der Waals surface area contributed by atoms with Gasteiger partial charge in [0, 0.05) is 11.1 Å². The summed E-state index contributed by atoms with van der Waals surface area (Å²) >= 11 is 33.8. The number of benzene rings is 1. The standard InChI is InChI=1S/C8H4Cl6O/c9-7(10,11)4-2-1-3-5(6(4)15)8(12,13)14/h1-3,15H. The molecule has 1 N–H and O–H groups in total. The minimum absolute atomic E-state index is 0.0660. The van der Waals surface area contributed by atoms with Crippen LogP contribution < -0.4 is 0 Å². The van der Waals surface area contributed by atoms with E-state index in [-0.39, 0.29) is 16.9 Å². The summed E-state index contributed by atoms with van der Waals surface area (Å²) in [5.41, 5.74) is 0.132. The molecule has 0 aliphatic rings. The van der Waals surface area contributed by atoms with Gasteiger partial charge in [-0.15, -0.1) is 0 Å². The zero-order valence-electron chi connectivity index (χ0n) is 6.95. The SMILES string of the molecule is Oc1c(C(Cl)(Cl)Cl)cccc1C(Cl)(Cl)Cl. The number of halogens is 6. The molecule has 0 fully saturated rings. The molecule has 7 heteroatoms. The molecular formula is C8H4Cl6O. The minimum atomic E-state index is -1.77. The highest BCUT2D eigenvalue weighted by atomic mass is 35.6. The number of rotatable bonds is 0. The van der Waals surface area contributed by atoms with Crippen LogP contribution in [0.2, 0.25) is 0 Å². The van der Waals surface area contributed by atoms with E-state index in [4.69, 9.17) is 69.6 Å². The smallest absolute Gasteiger partial charge is 0.219 e. The second-order valence-electron chi connectivity index (χ2n) is 2.70. The van der Waals surface area contributed by atoms with Gasteiger partial charge < -0.3 is 5.11 Å². The zero-order chi connectivity index (χ0) is 11.9. The molecule has 0 amide bonds. The van der Waals surface area contributed by atoms with Gasteiger partial charge in [-0.3, -0.25) is 0 Å². The third-order valence-electron chi connectivity index (χ3n) is 1.65. The van der Waals surface area contributed by atoms with Crippen molar-refractivity contribution in [3.8, 4) is 5.75 Å². The maximum Gasteiger partial charge on any atom is 0.219 e. The maximum absolute atomic E-state index is 9.75. The summed E-state index contributed by atoms with van der Waals surface area (Å²) in [6.45, 7) is 0. The van der Waals surface area contributed by atoms with E-state index in [1.165, 1.54) is 18.2 Å². The quantitative estimate of drug-likeness (QED) is 0.661. The third-order valence-corrected chi connectivity index (χ3v) is 2.87. The molecule has 0 bridgehead atoms. The molecule has 1 rings (SSSR count). The van der Waals surface area contributed by atoms with Crippen LogP contribution in [0.1, 0.15) is 11.1 Å². The van der Waals surface area contributed by atoms with Gasteiger partial charge >= 0.3 is 0 Å². The van der Waals surface area contributed by atoms with Gasteiger partial charge in [-0.2, -0.15) is 0 Å². The van der Waals surface area contributed by atoms with Crippen molar-refractivity contribution in [1.29, 1.82) is 0 Å². The third kappa shape index (κ3) is 3.36. The van der Waals surface area contributed by atoms with E-state index in [0.29, 0.717) is 0 Å². The van der Waals surface area contributed by atoms with Crippen LogP contribution in [0, 0.1) is 0 Å². The van der Waals surface area contributed by atoms with Crippen LogP contribution in [0.25, 0.3) is 0 Å². The summed E-state index contributed by atoms with van der Waals surface area (Å²) in [6.07, 6.45) is 0. The first-order valence-electron chi connectivity index (χ1n) is 3.60. The first-order chi connectivity index (χ1) is 6.64. The van der Waals surface area contributed by atoms with Crippen LogP contribution in [0.3, 0.4) is 0 Å². The molecule has 0 atom stereocenters. The van der Waals surface area contributed by atoms with Crippen molar-refractivity contribution in [2.24, 2.45) is 0 Å². The van der Waals surface area contributed by atoms with Gasteiger partial charge in [0.1, 0.15) is 5.75 Å². The van der Waals surface area contributed by atoms with Crippen molar-refractivity contribution in [2.45, 2.75) is 7.59 Å². The zero-order valence-corrected chi connectivity index (χ0v) is 11.5. The Morgan fingerprint density at radius 2 is 1.13 bits per heavy atom. The first kappa shape index (κ1) is 13.8. The van der Waals surface area contributed by atoms with Crippen LogP contribution in [0.5, 0.6) is 5.75 Å². The van der Waals surface area contributed by atoms with Crippen molar-refractivity contribution < 1.29 is 5.11 Å². The Hall–Kier alpha value is 0.760. The Labute approximate surface area is 117 Å². The Kier molecular flexibility index (Phi) is 4.20.